The van der Waals surface area contributed by atoms with Crippen LogP contribution in [0.2, 0.25) is 0 Å². The number of carbonyl (C=O) groups is 1. The van der Waals surface area contributed by atoms with Crippen LogP contribution in [0.4, 0.5) is 0 Å². The first kappa shape index (κ1) is 22.3. The Kier molecular flexibility index (Phi) is 17.1. The van der Waals surface area contributed by atoms with E-state index in [-0.39, 0.29) is 5.92 Å². The second kappa shape index (κ2) is 17.6. The fraction of sp³-hybridized carbons (Fsp3) is 0.895. The van der Waals surface area contributed by atoms with E-state index in [1.807, 2.05) is 0 Å². The second-order valence-corrected chi connectivity index (χ2v) is 6.66. The number of unbranched alkanes of at least 4 members (excludes halogenated alkanes) is 10. The molecule has 0 aromatic heterocycles. The Hall–Kier alpha value is -0.730. The van der Waals surface area contributed by atoms with Crippen molar-refractivity contribution in [3.05, 3.63) is 0 Å². The van der Waals surface area contributed by atoms with E-state index in [2.05, 4.69) is 29.3 Å². The molecule has 23 heavy (non-hydrogen) atoms. The molecule has 0 aliphatic carbocycles. The van der Waals surface area contributed by atoms with E-state index in [1.165, 1.54) is 57.8 Å². The highest BCUT2D eigenvalue weighted by atomic mass is 32.1. The molecule has 0 spiro atoms. The molecular formula is C19H35NO2S. The normalized spacial score (nSPS) is 11.9. The van der Waals surface area contributed by atoms with Crippen molar-refractivity contribution >= 4 is 23.3 Å². The van der Waals surface area contributed by atoms with E-state index < -0.39 is 5.97 Å². The number of carboxylic acids is 1. The molecule has 0 saturated carbocycles. The van der Waals surface area contributed by atoms with Crippen LogP contribution < -0.4 is 0 Å². The number of rotatable bonds is 17. The van der Waals surface area contributed by atoms with Crippen molar-refractivity contribution in [3.63, 3.8) is 0 Å². The maximum atomic E-state index is 11.2. The Balaban J connectivity index is 3.45. The minimum Gasteiger partial charge on any atom is -0.481 e. The zero-order valence-electron chi connectivity index (χ0n) is 14.9. The first-order valence-electron chi connectivity index (χ1n) is 9.48. The van der Waals surface area contributed by atoms with Crippen molar-refractivity contribution in [1.29, 1.82) is 0 Å². The lowest BCUT2D eigenvalue weighted by Gasteiger charge is -2.11. The molecule has 1 atom stereocenters. The summed E-state index contributed by atoms with van der Waals surface area (Å²) in [6, 6.07) is 0. The van der Waals surface area contributed by atoms with E-state index in [0.717, 1.165) is 25.7 Å². The van der Waals surface area contributed by atoms with Crippen LogP contribution in [-0.2, 0) is 4.79 Å². The maximum absolute atomic E-state index is 11.2. The van der Waals surface area contributed by atoms with Gasteiger partial charge in [0.1, 0.15) is 0 Å². The fourth-order valence-electron chi connectivity index (χ4n) is 2.91. The molecule has 0 radical (unpaired) electrons. The Bertz CT molecular complexity index is 327. The summed E-state index contributed by atoms with van der Waals surface area (Å²) in [6.45, 7) is 2.86. The lowest BCUT2D eigenvalue weighted by molar-refractivity contribution is -0.142. The largest absolute Gasteiger partial charge is 0.481 e. The standard InChI is InChI=1S/C19H35NO2S/c1-2-3-4-5-6-7-8-9-10-11-12-14-18(19(21)22)15-13-16-20-17-23/h18H,2-16H2,1H3,(H,21,22). The fourth-order valence-corrected chi connectivity index (χ4v) is 3.00. The predicted octanol–water partition coefficient (Wildman–Crippen LogP) is 6.27. The summed E-state index contributed by atoms with van der Waals surface area (Å²) in [5.74, 6) is -0.878. The second-order valence-electron chi connectivity index (χ2n) is 6.47. The summed E-state index contributed by atoms with van der Waals surface area (Å²) in [6.07, 6.45) is 16.6. The molecular weight excluding hydrogens is 306 g/mol. The van der Waals surface area contributed by atoms with Gasteiger partial charge < -0.3 is 5.11 Å². The molecule has 0 aliphatic heterocycles. The third kappa shape index (κ3) is 15.9. The molecule has 1 unspecified atom stereocenters. The summed E-state index contributed by atoms with van der Waals surface area (Å²) < 4.78 is 0. The van der Waals surface area contributed by atoms with Gasteiger partial charge in [0.15, 0.2) is 0 Å². The topological polar surface area (TPSA) is 49.7 Å². The highest BCUT2D eigenvalue weighted by Crippen LogP contribution is 2.18. The number of hydrogen-bond acceptors (Lipinski definition) is 3. The molecule has 0 aromatic carbocycles. The predicted molar refractivity (Wildman–Crippen MR) is 101 cm³/mol. The summed E-state index contributed by atoms with van der Waals surface area (Å²) in [4.78, 5) is 15.0. The van der Waals surface area contributed by atoms with Crippen LogP contribution in [0.25, 0.3) is 0 Å². The van der Waals surface area contributed by atoms with Crippen molar-refractivity contribution in [3.8, 4) is 0 Å². The van der Waals surface area contributed by atoms with Crippen LogP contribution in [0.1, 0.15) is 96.8 Å². The SMILES string of the molecule is CCCCCCCCCCCCCC(CCCN=C=S)C(=O)O. The number of thiocarbonyl (C=S) groups is 1. The zero-order valence-corrected chi connectivity index (χ0v) is 15.7. The van der Waals surface area contributed by atoms with Gasteiger partial charge >= 0.3 is 5.97 Å². The van der Waals surface area contributed by atoms with Gasteiger partial charge in [-0.05, 0) is 31.5 Å². The molecule has 4 heteroatoms. The summed E-state index contributed by atoms with van der Waals surface area (Å²) in [7, 11) is 0. The van der Waals surface area contributed by atoms with Crippen LogP contribution >= 0.6 is 12.2 Å². The van der Waals surface area contributed by atoms with Crippen molar-refractivity contribution in [2.75, 3.05) is 6.54 Å². The number of nitrogens with zero attached hydrogens (tertiary/aromatic N) is 1. The van der Waals surface area contributed by atoms with E-state index in [1.54, 1.807) is 0 Å². The summed E-state index contributed by atoms with van der Waals surface area (Å²) in [5.41, 5.74) is 0. The van der Waals surface area contributed by atoms with Gasteiger partial charge in [0.05, 0.1) is 11.1 Å². The lowest BCUT2D eigenvalue weighted by Crippen LogP contribution is -2.14. The van der Waals surface area contributed by atoms with Crippen molar-refractivity contribution in [2.45, 2.75) is 96.8 Å². The average Bonchev–Trinajstić information content (AvgIpc) is 2.54. The summed E-state index contributed by atoms with van der Waals surface area (Å²) >= 11 is 4.51. The number of isothiocyanates is 1. The van der Waals surface area contributed by atoms with E-state index in [4.69, 9.17) is 0 Å². The van der Waals surface area contributed by atoms with Crippen LogP contribution in [0.5, 0.6) is 0 Å². The molecule has 0 bridgehead atoms. The first-order chi connectivity index (χ1) is 11.2. The Morgan fingerprint density at radius 2 is 1.39 bits per heavy atom. The quantitative estimate of drug-likeness (QED) is 0.193. The molecule has 1 N–H and O–H groups in total. The minimum absolute atomic E-state index is 0.214. The maximum Gasteiger partial charge on any atom is 0.306 e. The summed E-state index contributed by atoms with van der Waals surface area (Å²) in [5, 5.41) is 11.5. The molecule has 0 rings (SSSR count). The van der Waals surface area contributed by atoms with Gasteiger partial charge in [-0.1, -0.05) is 77.6 Å². The first-order valence-corrected chi connectivity index (χ1v) is 9.89. The molecule has 0 saturated heterocycles. The van der Waals surface area contributed by atoms with Gasteiger partial charge in [0.2, 0.25) is 0 Å². The lowest BCUT2D eigenvalue weighted by atomic mass is 9.95. The van der Waals surface area contributed by atoms with E-state index >= 15 is 0 Å². The third-order valence-electron chi connectivity index (χ3n) is 4.39. The Labute approximate surface area is 148 Å². The zero-order chi connectivity index (χ0) is 17.2. The molecule has 0 aliphatic rings. The number of carboxylic acid groups (broad SMARTS) is 1. The van der Waals surface area contributed by atoms with Gasteiger partial charge in [-0.15, -0.1) is 0 Å². The third-order valence-corrected chi connectivity index (χ3v) is 4.52. The highest BCUT2D eigenvalue weighted by molar-refractivity contribution is 7.78. The number of aliphatic imine (C=N–C) groups is 1. The van der Waals surface area contributed by atoms with Gasteiger partial charge in [-0.25, -0.2) is 4.99 Å². The molecule has 134 valence electrons. The van der Waals surface area contributed by atoms with Crippen LogP contribution in [0, 0.1) is 5.92 Å². The van der Waals surface area contributed by atoms with E-state index in [9.17, 15) is 9.90 Å². The van der Waals surface area contributed by atoms with Crippen molar-refractivity contribution in [1.82, 2.24) is 0 Å². The van der Waals surface area contributed by atoms with Crippen molar-refractivity contribution < 1.29 is 9.90 Å². The Morgan fingerprint density at radius 3 is 1.87 bits per heavy atom. The Morgan fingerprint density at radius 1 is 0.913 bits per heavy atom. The molecule has 0 amide bonds. The highest BCUT2D eigenvalue weighted by Gasteiger charge is 2.16. The van der Waals surface area contributed by atoms with Gasteiger partial charge in [0.25, 0.3) is 0 Å². The minimum atomic E-state index is -0.664. The van der Waals surface area contributed by atoms with Gasteiger partial charge in [-0.2, -0.15) is 0 Å². The van der Waals surface area contributed by atoms with Gasteiger partial charge in [-0.3, -0.25) is 4.79 Å². The van der Waals surface area contributed by atoms with Crippen molar-refractivity contribution in [2.24, 2.45) is 10.9 Å². The number of hydrogen-bond donors (Lipinski definition) is 1. The molecule has 3 nitrogen and oxygen atoms in total. The van der Waals surface area contributed by atoms with Gasteiger partial charge in [0, 0.05) is 6.54 Å². The molecule has 0 fully saturated rings. The smallest absolute Gasteiger partial charge is 0.306 e. The van der Waals surface area contributed by atoms with Crippen LogP contribution in [0.15, 0.2) is 4.99 Å². The van der Waals surface area contributed by atoms with Crippen LogP contribution in [-0.4, -0.2) is 22.8 Å². The number of aliphatic carboxylic acids is 1. The molecule has 0 heterocycles. The van der Waals surface area contributed by atoms with E-state index in [0.29, 0.717) is 13.0 Å². The molecule has 0 aromatic rings. The van der Waals surface area contributed by atoms with Crippen LogP contribution in [0.3, 0.4) is 0 Å². The average molecular weight is 342 g/mol. The monoisotopic (exact) mass is 341 g/mol.